The number of H-pyrrole nitrogens is 1. The maximum atomic E-state index is 12.2. The Bertz CT molecular complexity index is 870. The van der Waals surface area contributed by atoms with E-state index in [1.165, 1.54) is 0 Å². The average molecular weight is 339 g/mol. The summed E-state index contributed by atoms with van der Waals surface area (Å²) in [5, 5.41) is 11.6. The van der Waals surface area contributed by atoms with Gasteiger partial charge in [0.1, 0.15) is 5.69 Å². The van der Waals surface area contributed by atoms with Gasteiger partial charge in [0, 0.05) is 16.1 Å². The highest BCUT2D eigenvalue weighted by atomic mass is 35.5. The van der Waals surface area contributed by atoms with E-state index in [0.717, 1.165) is 22.4 Å². The van der Waals surface area contributed by atoms with E-state index in [4.69, 9.17) is 11.6 Å². The number of hydrazone groups is 1. The Morgan fingerprint density at radius 2 is 1.88 bits per heavy atom. The van der Waals surface area contributed by atoms with E-state index in [1.807, 2.05) is 49.4 Å². The number of aromatic amines is 1. The predicted octanol–water partition coefficient (Wildman–Crippen LogP) is 3.80. The molecule has 0 saturated heterocycles. The van der Waals surface area contributed by atoms with Crippen molar-refractivity contribution in [2.45, 2.75) is 6.92 Å². The number of benzene rings is 2. The molecule has 0 spiro atoms. The van der Waals surface area contributed by atoms with Crippen molar-refractivity contribution in [2.24, 2.45) is 5.10 Å². The summed E-state index contributed by atoms with van der Waals surface area (Å²) in [4.78, 5) is 12.2. The summed E-state index contributed by atoms with van der Waals surface area (Å²) in [5.74, 6) is -0.340. The van der Waals surface area contributed by atoms with E-state index in [1.54, 1.807) is 18.3 Å². The SMILES string of the molecule is Cc1c(-c2ccccc2)n[nH]c1C(=O)NN=Cc1ccc(Cl)cc1. The number of rotatable bonds is 4. The lowest BCUT2D eigenvalue weighted by Gasteiger charge is -2.00. The Morgan fingerprint density at radius 3 is 2.58 bits per heavy atom. The Labute approximate surface area is 144 Å². The summed E-state index contributed by atoms with van der Waals surface area (Å²) < 4.78 is 0. The molecule has 5 nitrogen and oxygen atoms in total. The molecule has 1 aromatic heterocycles. The third-order valence-corrected chi connectivity index (χ3v) is 3.79. The molecule has 3 rings (SSSR count). The minimum absolute atomic E-state index is 0.340. The van der Waals surface area contributed by atoms with Gasteiger partial charge in [-0.15, -0.1) is 0 Å². The van der Waals surface area contributed by atoms with E-state index >= 15 is 0 Å². The fourth-order valence-corrected chi connectivity index (χ4v) is 2.39. The molecule has 0 fully saturated rings. The summed E-state index contributed by atoms with van der Waals surface area (Å²) in [5.41, 5.74) is 6.21. The molecule has 0 aliphatic heterocycles. The van der Waals surface area contributed by atoms with Gasteiger partial charge in [0.25, 0.3) is 5.91 Å². The van der Waals surface area contributed by atoms with Gasteiger partial charge in [-0.1, -0.05) is 54.1 Å². The number of carbonyl (C=O) groups excluding carboxylic acids is 1. The Morgan fingerprint density at radius 1 is 1.17 bits per heavy atom. The van der Waals surface area contributed by atoms with Crippen LogP contribution in [0.1, 0.15) is 21.6 Å². The van der Waals surface area contributed by atoms with Crippen LogP contribution in [0.2, 0.25) is 5.02 Å². The molecule has 24 heavy (non-hydrogen) atoms. The second-order valence-electron chi connectivity index (χ2n) is 5.19. The van der Waals surface area contributed by atoms with Crippen molar-refractivity contribution in [3.05, 3.63) is 76.4 Å². The van der Waals surface area contributed by atoms with Crippen LogP contribution in [0, 0.1) is 6.92 Å². The van der Waals surface area contributed by atoms with Crippen molar-refractivity contribution in [1.82, 2.24) is 15.6 Å². The molecular weight excluding hydrogens is 324 g/mol. The van der Waals surface area contributed by atoms with Crippen molar-refractivity contribution >= 4 is 23.7 Å². The summed E-state index contributed by atoms with van der Waals surface area (Å²) in [6.45, 7) is 1.85. The monoisotopic (exact) mass is 338 g/mol. The second-order valence-corrected chi connectivity index (χ2v) is 5.63. The minimum Gasteiger partial charge on any atom is -0.272 e. The Kier molecular flexibility index (Phi) is 4.72. The lowest BCUT2D eigenvalue weighted by atomic mass is 10.1. The number of nitrogens with one attached hydrogen (secondary N) is 2. The largest absolute Gasteiger partial charge is 0.289 e. The molecule has 120 valence electrons. The first-order valence-electron chi connectivity index (χ1n) is 7.34. The zero-order chi connectivity index (χ0) is 16.9. The van der Waals surface area contributed by atoms with Gasteiger partial charge in [-0.05, 0) is 24.6 Å². The summed E-state index contributed by atoms with van der Waals surface area (Å²) in [6, 6.07) is 16.8. The zero-order valence-corrected chi connectivity index (χ0v) is 13.7. The molecule has 1 heterocycles. The molecule has 1 amide bonds. The highest BCUT2D eigenvalue weighted by Crippen LogP contribution is 2.22. The number of halogens is 1. The van der Waals surface area contributed by atoms with Crippen molar-refractivity contribution in [1.29, 1.82) is 0 Å². The van der Waals surface area contributed by atoms with E-state index in [2.05, 4.69) is 20.7 Å². The normalized spacial score (nSPS) is 10.9. The average Bonchev–Trinajstić information content (AvgIpc) is 2.99. The highest BCUT2D eigenvalue weighted by molar-refractivity contribution is 6.30. The fourth-order valence-electron chi connectivity index (χ4n) is 2.27. The van der Waals surface area contributed by atoms with Crippen LogP contribution in [0.5, 0.6) is 0 Å². The van der Waals surface area contributed by atoms with Crippen LogP contribution in [0.25, 0.3) is 11.3 Å². The molecular formula is C18H15ClN4O. The van der Waals surface area contributed by atoms with Gasteiger partial charge in [-0.2, -0.15) is 10.2 Å². The van der Waals surface area contributed by atoms with Crippen molar-refractivity contribution < 1.29 is 4.79 Å². The maximum Gasteiger partial charge on any atom is 0.289 e. The van der Waals surface area contributed by atoms with Crippen molar-refractivity contribution in [3.63, 3.8) is 0 Å². The highest BCUT2D eigenvalue weighted by Gasteiger charge is 2.16. The van der Waals surface area contributed by atoms with Crippen molar-refractivity contribution in [2.75, 3.05) is 0 Å². The third-order valence-electron chi connectivity index (χ3n) is 3.53. The first-order valence-corrected chi connectivity index (χ1v) is 7.72. The molecule has 0 atom stereocenters. The smallest absolute Gasteiger partial charge is 0.272 e. The Balaban J connectivity index is 1.72. The molecule has 0 aliphatic carbocycles. The second kappa shape index (κ2) is 7.10. The lowest BCUT2D eigenvalue weighted by molar-refractivity contribution is 0.0949. The first-order chi connectivity index (χ1) is 11.6. The molecule has 0 saturated carbocycles. The zero-order valence-electron chi connectivity index (χ0n) is 13.0. The molecule has 0 radical (unpaired) electrons. The number of hydrogen-bond donors (Lipinski definition) is 2. The van der Waals surface area contributed by atoms with E-state index in [0.29, 0.717) is 10.7 Å². The molecule has 0 aliphatic rings. The number of aromatic nitrogens is 2. The summed E-state index contributed by atoms with van der Waals surface area (Å²) in [6.07, 6.45) is 1.55. The minimum atomic E-state index is -0.340. The standard InChI is InChI=1S/C18H15ClN4O/c1-12-16(14-5-3-2-4-6-14)21-22-17(12)18(24)23-20-11-13-7-9-15(19)10-8-13/h2-11H,1H3,(H,21,22)(H,23,24). The molecule has 3 aromatic rings. The van der Waals surface area contributed by atoms with Gasteiger partial charge in [0.15, 0.2) is 0 Å². The van der Waals surface area contributed by atoms with Gasteiger partial charge < -0.3 is 0 Å². The lowest BCUT2D eigenvalue weighted by Crippen LogP contribution is -2.19. The van der Waals surface area contributed by atoms with Gasteiger partial charge in [0.2, 0.25) is 0 Å². The van der Waals surface area contributed by atoms with Gasteiger partial charge in [0.05, 0.1) is 11.9 Å². The topological polar surface area (TPSA) is 70.1 Å². The molecule has 2 aromatic carbocycles. The predicted molar refractivity (Wildman–Crippen MR) is 95.3 cm³/mol. The van der Waals surface area contributed by atoms with Crippen LogP contribution < -0.4 is 5.43 Å². The molecule has 0 bridgehead atoms. The van der Waals surface area contributed by atoms with Crippen LogP contribution in [0.15, 0.2) is 59.7 Å². The Hall–Kier alpha value is -2.92. The van der Waals surface area contributed by atoms with Crippen LogP contribution in [0.3, 0.4) is 0 Å². The summed E-state index contributed by atoms with van der Waals surface area (Å²) in [7, 11) is 0. The molecule has 0 unspecified atom stereocenters. The van der Waals surface area contributed by atoms with Gasteiger partial charge >= 0.3 is 0 Å². The maximum absolute atomic E-state index is 12.2. The van der Waals surface area contributed by atoms with Crippen LogP contribution >= 0.6 is 11.6 Å². The van der Waals surface area contributed by atoms with E-state index < -0.39 is 0 Å². The van der Waals surface area contributed by atoms with Crippen LogP contribution in [-0.4, -0.2) is 22.3 Å². The number of carbonyl (C=O) groups is 1. The van der Waals surface area contributed by atoms with Crippen LogP contribution in [0.4, 0.5) is 0 Å². The van der Waals surface area contributed by atoms with Gasteiger partial charge in [-0.3, -0.25) is 9.89 Å². The quantitative estimate of drug-likeness (QED) is 0.561. The molecule has 2 N–H and O–H groups in total. The summed E-state index contributed by atoms with van der Waals surface area (Å²) >= 11 is 5.82. The van der Waals surface area contributed by atoms with E-state index in [9.17, 15) is 4.79 Å². The van der Waals surface area contributed by atoms with E-state index in [-0.39, 0.29) is 5.91 Å². The fraction of sp³-hybridized carbons (Fsp3) is 0.0556. The number of nitrogens with zero attached hydrogens (tertiary/aromatic N) is 2. The molecule has 6 heteroatoms. The van der Waals surface area contributed by atoms with Gasteiger partial charge in [-0.25, -0.2) is 5.43 Å². The van der Waals surface area contributed by atoms with Crippen molar-refractivity contribution in [3.8, 4) is 11.3 Å². The van der Waals surface area contributed by atoms with Crippen LogP contribution in [-0.2, 0) is 0 Å². The number of amides is 1. The first kappa shape index (κ1) is 16.0. The number of hydrogen-bond acceptors (Lipinski definition) is 3. The third kappa shape index (κ3) is 3.52.